The minimum atomic E-state index is -1.44. The SMILES string of the molecule is C=C(C)C(=O)OCCC[Si](C)(C)C(C)O[Si]12CCC1(CCCC)C2. The standard InChI is InChI=1S/C19H36O3Si2/c1-7-8-10-19-11-14-24(19,15-19)22-17(4)23(5,6)13-9-12-21-18(20)16(2)3/h17H,2,7-15H2,1,3-6H3. The highest BCUT2D eigenvalue weighted by molar-refractivity contribution is 6.91. The number of carbonyl (C=O) groups is 1. The molecule has 3 atom stereocenters. The van der Waals surface area contributed by atoms with Gasteiger partial charge >= 0.3 is 5.97 Å². The van der Waals surface area contributed by atoms with E-state index in [0.717, 1.165) is 12.5 Å². The van der Waals surface area contributed by atoms with E-state index in [2.05, 4.69) is 33.5 Å². The van der Waals surface area contributed by atoms with Crippen molar-refractivity contribution < 1.29 is 14.0 Å². The summed E-state index contributed by atoms with van der Waals surface area (Å²) in [5, 5.41) is 0.679. The van der Waals surface area contributed by atoms with Crippen molar-refractivity contribution in [2.45, 2.75) is 94.9 Å². The number of hydrogen-bond donors (Lipinski definition) is 0. The van der Waals surface area contributed by atoms with Crippen LogP contribution in [0.4, 0.5) is 0 Å². The van der Waals surface area contributed by atoms with Gasteiger partial charge in [-0.25, -0.2) is 4.79 Å². The van der Waals surface area contributed by atoms with E-state index in [1.807, 2.05) is 0 Å². The second-order valence-corrected chi connectivity index (χ2v) is 18.3. The van der Waals surface area contributed by atoms with E-state index in [1.54, 1.807) is 6.92 Å². The molecule has 3 nitrogen and oxygen atoms in total. The molecule has 0 aromatic heterocycles. The van der Waals surface area contributed by atoms with Gasteiger partial charge < -0.3 is 9.16 Å². The molecule has 138 valence electrons. The fourth-order valence-corrected chi connectivity index (χ4v) is 13.0. The fraction of sp³-hybridized carbons (Fsp3) is 0.842. The van der Waals surface area contributed by atoms with Crippen molar-refractivity contribution in [3.8, 4) is 0 Å². The molecule has 2 aliphatic heterocycles. The molecule has 2 heterocycles. The second-order valence-electron chi connectivity index (χ2n) is 8.82. The van der Waals surface area contributed by atoms with Crippen LogP contribution in [0.3, 0.4) is 0 Å². The quantitative estimate of drug-likeness (QED) is 0.211. The lowest BCUT2D eigenvalue weighted by Crippen LogP contribution is -2.48. The Hall–Kier alpha value is -0.396. The van der Waals surface area contributed by atoms with Gasteiger partial charge in [0.1, 0.15) is 0 Å². The molecule has 0 amide bonds. The fourth-order valence-electron chi connectivity index (χ4n) is 4.14. The average molecular weight is 369 g/mol. The van der Waals surface area contributed by atoms with E-state index in [1.165, 1.54) is 37.8 Å². The molecule has 0 aromatic carbocycles. The van der Waals surface area contributed by atoms with Crippen molar-refractivity contribution in [3.63, 3.8) is 0 Å². The Balaban J connectivity index is 1.74. The number of rotatable bonds is 11. The lowest BCUT2D eigenvalue weighted by Gasteiger charge is -2.40. The maximum absolute atomic E-state index is 11.4. The van der Waals surface area contributed by atoms with Crippen LogP contribution in [0, 0.1) is 0 Å². The number of hydrogen-bond acceptors (Lipinski definition) is 3. The summed E-state index contributed by atoms with van der Waals surface area (Å²) < 4.78 is 12.0. The summed E-state index contributed by atoms with van der Waals surface area (Å²) >= 11 is 0. The topological polar surface area (TPSA) is 35.5 Å². The third-order valence-electron chi connectivity index (χ3n) is 6.53. The van der Waals surface area contributed by atoms with E-state index in [0.29, 0.717) is 22.9 Å². The Bertz CT molecular complexity index is 491. The number of ether oxygens (including phenoxy) is 1. The van der Waals surface area contributed by atoms with Crippen LogP contribution in [-0.2, 0) is 14.0 Å². The molecule has 2 rings (SSSR count). The van der Waals surface area contributed by atoms with Gasteiger partial charge in [-0.3, -0.25) is 0 Å². The summed E-state index contributed by atoms with van der Waals surface area (Å²) in [4.78, 5) is 11.4. The normalized spacial score (nSPS) is 29.4. The predicted molar refractivity (Wildman–Crippen MR) is 105 cm³/mol. The first kappa shape index (κ1) is 19.9. The van der Waals surface area contributed by atoms with Crippen LogP contribution in [0.1, 0.15) is 52.9 Å². The molecule has 0 aliphatic carbocycles. The summed E-state index contributed by atoms with van der Waals surface area (Å²) in [5.41, 5.74) is 0.917. The molecular formula is C19H36O3Si2. The Morgan fingerprint density at radius 2 is 2.08 bits per heavy atom. The minimum Gasteiger partial charge on any atom is -0.462 e. The van der Waals surface area contributed by atoms with Crippen LogP contribution in [0.15, 0.2) is 12.2 Å². The highest BCUT2D eigenvalue weighted by Gasteiger charge is 2.77. The number of carbonyl (C=O) groups excluding carboxylic acids is 1. The molecule has 2 fully saturated rings. The Morgan fingerprint density at radius 1 is 1.38 bits per heavy atom. The van der Waals surface area contributed by atoms with Gasteiger partial charge in [-0.2, -0.15) is 0 Å². The third kappa shape index (κ3) is 4.05. The van der Waals surface area contributed by atoms with Crippen molar-refractivity contribution in [2.75, 3.05) is 6.61 Å². The molecule has 2 saturated heterocycles. The highest BCUT2D eigenvalue weighted by atomic mass is 28.4. The van der Waals surface area contributed by atoms with E-state index >= 15 is 0 Å². The third-order valence-corrected chi connectivity index (χ3v) is 16.0. The van der Waals surface area contributed by atoms with E-state index in [9.17, 15) is 4.79 Å². The molecule has 5 heteroatoms. The van der Waals surface area contributed by atoms with Gasteiger partial charge in [0.15, 0.2) is 8.32 Å². The lowest BCUT2D eigenvalue weighted by atomic mass is 10.0. The van der Waals surface area contributed by atoms with Crippen LogP contribution in [0.2, 0.25) is 36.3 Å². The van der Waals surface area contributed by atoms with Crippen LogP contribution < -0.4 is 0 Å². The van der Waals surface area contributed by atoms with E-state index in [4.69, 9.17) is 9.16 Å². The molecule has 2 aliphatic rings. The lowest BCUT2D eigenvalue weighted by molar-refractivity contribution is -0.138. The zero-order valence-electron chi connectivity index (χ0n) is 16.4. The summed E-state index contributed by atoms with van der Waals surface area (Å²) in [6, 6.07) is 4.00. The zero-order chi connectivity index (χ0) is 18.0. The van der Waals surface area contributed by atoms with Crippen LogP contribution in [0.25, 0.3) is 0 Å². The van der Waals surface area contributed by atoms with Gasteiger partial charge in [-0.05, 0) is 50.2 Å². The van der Waals surface area contributed by atoms with Crippen molar-refractivity contribution in [3.05, 3.63) is 12.2 Å². The van der Waals surface area contributed by atoms with Crippen LogP contribution in [0.5, 0.6) is 0 Å². The number of unbranched alkanes of at least 4 members (excludes halogenated alkanes) is 1. The largest absolute Gasteiger partial charge is 0.462 e. The summed E-state index contributed by atoms with van der Waals surface area (Å²) in [6.07, 6.45) is 6.49. The van der Waals surface area contributed by atoms with Gasteiger partial charge in [0, 0.05) is 11.3 Å². The summed E-state index contributed by atoms with van der Waals surface area (Å²) in [6.45, 7) is 15.3. The molecule has 3 unspecified atom stereocenters. The minimum absolute atomic E-state index is 0.266. The maximum atomic E-state index is 11.4. The van der Waals surface area contributed by atoms with Crippen molar-refractivity contribution >= 4 is 22.4 Å². The van der Waals surface area contributed by atoms with Gasteiger partial charge in [0.2, 0.25) is 0 Å². The Kier molecular flexibility index (Phi) is 6.19. The molecule has 24 heavy (non-hydrogen) atoms. The van der Waals surface area contributed by atoms with Gasteiger partial charge in [0.05, 0.1) is 14.7 Å². The number of esters is 1. The average Bonchev–Trinajstić information content (AvgIpc) is 2.96. The summed E-state index contributed by atoms with van der Waals surface area (Å²) in [7, 11) is -2.77. The highest BCUT2D eigenvalue weighted by Crippen LogP contribution is 2.79. The Morgan fingerprint density at radius 3 is 2.62 bits per heavy atom. The maximum Gasteiger partial charge on any atom is 0.333 e. The molecule has 0 radical (unpaired) electrons. The Labute approximate surface area is 150 Å². The van der Waals surface area contributed by atoms with Crippen molar-refractivity contribution in [1.29, 1.82) is 0 Å². The first-order valence-corrected chi connectivity index (χ1v) is 15.3. The van der Waals surface area contributed by atoms with Crippen molar-refractivity contribution in [1.82, 2.24) is 0 Å². The molecule has 0 saturated carbocycles. The molecule has 0 spiro atoms. The van der Waals surface area contributed by atoms with Gasteiger partial charge in [-0.15, -0.1) is 0 Å². The molecule has 0 N–H and O–H groups in total. The van der Waals surface area contributed by atoms with E-state index in [-0.39, 0.29) is 5.97 Å². The van der Waals surface area contributed by atoms with Gasteiger partial charge in [-0.1, -0.05) is 45.5 Å². The first-order valence-electron chi connectivity index (χ1n) is 9.68. The van der Waals surface area contributed by atoms with E-state index < -0.39 is 16.4 Å². The molecular weight excluding hydrogens is 332 g/mol. The zero-order valence-corrected chi connectivity index (χ0v) is 18.4. The smallest absolute Gasteiger partial charge is 0.333 e. The first-order chi connectivity index (χ1) is 11.2. The van der Waals surface area contributed by atoms with Crippen LogP contribution >= 0.6 is 0 Å². The van der Waals surface area contributed by atoms with Crippen LogP contribution in [-0.4, -0.2) is 34.7 Å². The molecule has 0 aromatic rings. The predicted octanol–water partition coefficient (Wildman–Crippen LogP) is 5.44. The second kappa shape index (κ2) is 7.46. The summed E-state index contributed by atoms with van der Waals surface area (Å²) in [5.74, 6) is -0.266. The van der Waals surface area contributed by atoms with Crippen molar-refractivity contribution in [2.24, 2.45) is 0 Å². The number of fused-ring (bicyclic) bond motifs is 1. The monoisotopic (exact) mass is 368 g/mol. The molecule has 0 bridgehead atoms. The van der Waals surface area contributed by atoms with Gasteiger partial charge in [0.25, 0.3) is 0 Å².